The Morgan fingerprint density at radius 1 is 1.12 bits per heavy atom. The summed E-state index contributed by atoms with van der Waals surface area (Å²) in [5.74, 6) is 0. The summed E-state index contributed by atoms with van der Waals surface area (Å²) in [6, 6.07) is 0. The third kappa shape index (κ3) is 11.9. The Morgan fingerprint density at radius 2 is 1.71 bits per heavy atom. The minimum atomic E-state index is 0.173. The van der Waals surface area contributed by atoms with Crippen LogP contribution in [0.2, 0.25) is 0 Å². The minimum absolute atomic E-state index is 0.173. The van der Waals surface area contributed by atoms with Gasteiger partial charge in [-0.15, -0.1) is 0 Å². The molecule has 0 aromatic heterocycles. The zero-order valence-electron chi connectivity index (χ0n) is 12.6. The first-order chi connectivity index (χ1) is 7.70. The second kappa shape index (κ2) is 7.85. The predicted molar refractivity (Wildman–Crippen MR) is 77.6 cm³/mol. The minimum Gasteiger partial charge on any atom is -0.309 e. The maximum absolute atomic E-state index is 4.13. The molecule has 0 aromatic carbocycles. The van der Waals surface area contributed by atoms with Gasteiger partial charge in [-0.1, -0.05) is 6.58 Å². The van der Waals surface area contributed by atoms with E-state index in [2.05, 4.69) is 63.6 Å². The molecule has 0 heterocycles. The fourth-order valence-corrected chi connectivity index (χ4v) is 1.56. The average Bonchev–Trinajstić information content (AvgIpc) is 2.13. The fourth-order valence-electron chi connectivity index (χ4n) is 1.56. The summed E-state index contributed by atoms with van der Waals surface area (Å²) < 4.78 is 0. The maximum Gasteiger partial charge on any atom is 0.0199 e. The molecule has 0 unspecified atom stereocenters. The van der Waals surface area contributed by atoms with Crippen molar-refractivity contribution in [3.63, 3.8) is 0 Å². The van der Waals surface area contributed by atoms with Gasteiger partial charge in [0.05, 0.1) is 0 Å². The van der Waals surface area contributed by atoms with Crippen molar-refractivity contribution in [3.05, 3.63) is 12.2 Å². The molecule has 17 heavy (non-hydrogen) atoms. The highest BCUT2D eigenvalue weighted by Gasteiger charge is 2.09. The van der Waals surface area contributed by atoms with Gasteiger partial charge < -0.3 is 15.1 Å². The number of nitrogens with zero attached hydrogens (tertiary/aromatic N) is 2. The Labute approximate surface area is 108 Å². The lowest BCUT2D eigenvalue weighted by atomic mass is 10.1. The predicted octanol–water partition coefficient (Wildman–Crippen LogP) is 1.81. The van der Waals surface area contributed by atoms with Crippen molar-refractivity contribution in [1.82, 2.24) is 15.1 Å². The van der Waals surface area contributed by atoms with Crippen LogP contribution >= 0.6 is 0 Å². The highest BCUT2D eigenvalue weighted by atomic mass is 15.1. The van der Waals surface area contributed by atoms with Gasteiger partial charge in [-0.05, 0) is 67.0 Å². The van der Waals surface area contributed by atoms with Crippen molar-refractivity contribution in [2.75, 3.05) is 47.3 Å². The van der Waals surface area contributed by atoms with E-state index in [-0.39, 0.29) is 5.54 Å². The van der Waals surface area contributed by atoms with Crippen LogP contribution in [0.5, 0.6) is 0 Å². The van der Waals surface area contributed by atoms with Crippen molar-refractivity contribution in [1.29, 1.82) is 0 Å². The molecule has 3 nitrogen and oxygen atoms in total. The Morgan fingerprint density at radius 3 is 2.18 bits per heavy atom. The molecule has 0 rings (SSSR count). The van der Waals surface area contributed by atoms with E-state index in [0.717, 1.165) is 26.2 Å². The average molecular weight is 241 g/mol. The van der Waals surface area contributed by atoms with Gasteiger partial charge in [0, 0.05) is 18.6 Å². The number of nitrogens with one attached hydrogen (secondary N) is 1. The van der Waals surface area contributed by atoms with Crippen LogP contribution in [-0.2, 0) is 0 Å². The summed E-state index contributed by atoms with van der Waals surface area (Å²) in [5.41, 5.74) is 1.43. The Kier molecular flexibility index (Phi) is 7.68. The van der Waals surface area contributed by atoms with Gasteiger partial charge in [0.25, 0.3) is 0 Å². The van der Waals surface area contributed by atoms with Crippen LogP contribution in [0.3, 0.4) is 0 Å². The zero-order valence-corrected chi connectivity index (χ0v) is 12.6. The van der Waals surface area contributed by atoms with Crippen LogP contribution in [0.25, 0.3) is 0 Å². The van der Waals surface area contributed by atoms with E-state index < -0.39 is 0 Å². The van der Waals surface area contributed by atoms with Gasteiger partial charge in [0.1, 0.15) is 0 Å². The van der Waals surface area contributed by atoms with Crippen molar-refractivity contribution in [3.8, 4) is 0 Å². The van der Waals surface area contributed by atoms with Crippen LogP contribution in [0, 0.1) is 0 Å². The lowest BCUT2D eigenvalue weighted by Crippen LogP contribution is -2.38. The highest BCUT2D eigenvalue weighted by molar-refractivity contribution is 5.00. The third-order valence-corrected chi connectivity index (χ3v) is 2.51. The van der Waals surface area contributed by atoms with E-state index in [1.807, 2.05) is 0 Å². The molecule has 0 radical (unpaired) electrons. The molecule has 3 heteroatoms. The van der Waals surface area contributed by atoms with Crippen molar-refractivity contribution < 1.29 is 0 Å². The molecular weight excluding hydrogens is 210 g/mol. The normalized spacial score (nSPS) is 12.5. The number of rotatable bonds is 8. The van der Waals surface area contributed by atoms with Crippen LogP contribution in [0.4, 0.5) is 0 Å². The van der Waals surface area contributed by atoms with Gasteiger partial charge in [0.15, 0.2) is 0 Å². The first-order valence-corrected chi connectivity index (χ1v) is 6.45. The van der Waals surface area contributed by atoms with Crippen molar-refractivity contribution >= 4 is 0 Å². The lowest BCUT2D eigenvalue weighted by molar-refractivity contribution is 0.313. The third-order valence-electron chi connectivity index (χ3n) is 2.51. The molecule has 0 aromatic rings. The molecule has 1 N–H and O–H groups in total. The van der Waals surface area contributed by atoms with Gasteiger partial charge in [0.2, 0.25) is 0 Å². The topological polar surface area (TPSA) is 18.5 Å². The quantitative estimate of drug-likeness (QED) is 0.654. The van der Waals surface area contributed by atoms with Crippen LogP contribution in [0.15, 0.2) is 12.2 Å². The van der Waals surface area contributed by atoms with Gasteiger partial charge >= 0.3 is 0 Å². The molecular formula is C14H31N3. The molecule has 0 fully saturated rings. The summed E-state index contributed by atoms with van der Waals surface area (Å²) in [4.78, 5) is 4.57. The van der Waals surface area contributed by atoms with Gasteiger partial charge in [-0.3, -0.25) is 0 Å². The van der Waals surface area contributed by atoms with E-state index >= 15 is 0 Å². The molecule has 102 valence electrons. The SMILES string of the molecule is C=C(CNC(C)(C)C)CN(C)CCCN(C)C. The van der Waals surface area contributed by atoms with E-state index in [0.29, 0.717) is 0 Å². The smallest absolute Gasteiger partial charge is 0.0199 e. The number of hydrogen-bond acceptors (Lipinski definition) is 3. The molecule has 0 atom stereocenters. The van der Waals surface area contributed by atoms with Crippen molar-refractivity contribution in [2.45, 2.75) is 32.7 Å². The van der Waals surface area contributed by atoms with Gasteiger partial charge in [-0.25, -0.2) is 0 Å². The van der Waals surface area contributed by atoms with E-state index in [1.54, 1.807) is 0 Å². The molecule has 0 bridgehead atoms. The molecule has 0 aliphatic rings. The molecule has 0 saturated carbocycles. The van der Waals surface area contributed by atoms with Crippen molar-refractivity contribution in [2.24, 2.45) is 0 Å². The first-order valence-electron chi connectivity index (χ1n) is 6.45. The zero-order chi connectivity index (χ0) is 13.5. The Bertz CT molecular complexity index is 216. The fraction of sp³-hybridized carbons (Fsp3) is 0.857. The number of hydrogen-bond donors (Lipinski definition) is 1. The summed E-state index contributed by atoms with van der Waals surface area (Å²) in [6.45, 7) is 14.8. The monoisotopic (exact) mass is 241 g/mol. The summed E-state index contributed by atoms with van der Waals surface area (Å²) >= 11 is 0. The molecule has 0 amide bonds. The number of likely N-dealkylation sites (N-methyl/N-ethyl adjacent to an activating group) is 1. The van der Waals surface area contributed by atoms with Crippen LogP contribution < -0.4 is 5.32 Å². The molecule has 0 spiro atoms. The first kappa shape index (κ1) is 16.6. The highest BCUT2D eigenvalue weighted by Crippen LogP contribution is 2.01. The van der Waals surface area contributed by atoms with E-state index in [9.17, 15) is 0 Å². The summed E-state index contributed by atoms with van der Waals surface area (Å²) in [5, 5.41) is 3.47. The standard InChI is InChI=1S/C14H31N3/c1-13(11-15-14(2,3)4)12-17(7)10-8-9-16(5)6/h15H,1,8-12H2,2-7H3. The van der Waals surface area contributed by atoms with E-state index in [1.165, 1.54) is 12.0 Å². The second-order valence-corrected chi connectivity index (χ2v) is 6.25. The van der Waals surface area contributed by atoms with Crippen LogP contribution in [-0.4, -0.2) is 62.7 Å². The summed E-state index contributed by atoms with van der Waals surface area (Å²) in [6.07, 6.45) is 1.21. The lowest BCUT2D eigenvalue weighted by Gasteiger charge is -2.24. The maximum atomic E-state index is 4.13. The van der Waals surface area contributed by atoms with Crippen LogP contribution in [0.1, 0.15) is 27.2 Å². The Balaban J connectivity index is 3.66. The van der Waals surface area contributed by atoms with E-state index in [4.69, 9.17) is 0 Å². The molecule has 0 aliphatic heterocycles. The Hall–Kier alpha value is -0.380. The molecule has 0 aliphatic carbocycles. The molecule has 0 saturated heterocycles. The van der Waals surface area contributed by atoms with Gasteiger partial charge in [-0.2, -0.15) is 0 Å². The summed E-state index contributed by atoms with van der Waals surface area (Å²) in [7, 11) is 6.40. The second-order valence-electron chi connectivity index (χ2n) is 6.25. The largest absolute Gasteiger partial charge is 0.309 e.